The molecule has 1 aromatic rings. The second-order valence-corrected chi connectivity index (χ2v) is 0.909. The van der Waals surface area contributed by atoms with Crippen LogP contribution in [0.2, 0.25) is 0 Å². The molecule has 1 aromatic heterocycles. The van der Waals surface area contributed by atoms with E-state index in [2.05, 4.69) is 27.6 Å². The van der Waals surface area contributed by atoms with Crippen LogP contribution in [0.3, 0.4) is 0 Å². The van der Waals surface area contributed by atoms with Crippen LogP contribution in [0.15, 0.2) is 0 Å². The molecule has 42 valence electrons. The van der Waals surface area contributed by atoms with Gasteiger partial charge in [-0.25, -0.2) is 0 Å². The number of hydrogen-bond donors (Lipinski definition) is 2. The van der Waals surface area contributed by atoms with Crippen LogP contribution >= 0.6 is 0 Å². The van der Waals surface area contributed by atoms with E-state index in [9.17, 15) is 0 Å². The van der Waals surface area contributed by atoms with Gasteiger partial charge in [-0.05, 0) is 5.62 Å². The van der Waals surface area contributed by atoms with E-state index in [1.54, 1.807) is 0 Å². The number of hydrogen-bond acceptors (Lipinski definition) is 3. The Balaban J connectivity index is 0. The summed E-state index contributed by atoms with van der Waals surface area (Å²) in [5.74, 6) is 0. The fourth-order valence-electron chi connectivity index (χ4n) is 0.209. The van der Waals surface area contributed by atoms with E-state index in [-0.39, 0.29) is 71.0 Å². The third-order valence-corrected chi connectivity index (χ3v) is 0.442. The van der Waals surface area contributed by atoms with E-state index in [0.29, 0.717) is 0 Å². The minimum absolute atomic E-state index is 0. The van der Waals surface area contributed by atoms with Crippen molar-refractivity contribution in [1.82, 2.24) is 15.0 Å². The van der Waals surface area contributed by atoms with E-state index in [4.69, 9.17) is 5.41 Å². The Bertz CT molecular complexity index is 180. The van der Waals surface area contributed by atoms with E-state index >= 15 is 0 Å². The molecule has 0 amide bonds. The van der Waals surface area contributed by atoms with Crippen LogP contribution < -0.4 is 5.62 Å². The van der Waals surface area contributed by atoms with Crippen molar-refractivity contribution in [1.29, 1.82) is 5.41 Å². The number of rotatable bonds is 0. The Morgan fingerprint density at radius 1 is 1.44 bits per heavy atom. The zero-order valence-corrected chi connectivity index (χ0v) is 10.2. The number of aromatic nitrogens is 3. The van der Waals surface area contributed by atoms with Gasteiger partial charge in [0.15, 0.2) is 0 Å². The molecule has 0 saturated carbocycles. The Morgan fingerprint density at radius 2 is 2.11 bits per heavy atom. The fraction of sp³-hybridized carbons (Fsp3) is 0. The molecule has 0 aliphatic heterocycles. The minimum atomic E-state index is 0. The molecule has 1 rings (SSSR count). The van der Waals surface area contributed by atoms with E-state index in [1.807, 2.05) is 0 Å². The molecule has 0 aliphatic rings. The molecule has 0 aromatic carbocycles. The van der Waals surface area contributed by atoms with Crippen LogP contribution in [-0.4, -0.2) is 15.0 Å². The first-order valence-corrected chi connectivity index (χ1v) is 1.64. The first kappa shape index (κ1) is 12.7. The van der Waals surface area contributed by atoms with Gasteiger partial charge in [0.2, 0.25) is 0 Å². The van der Waals surface area contributed by atoms with Crippen molar-refractivity contribution < 1.29 is 65.4 Å². The maximum atomic E-state index is 6.73. The third kappa shape index (κ3) is 5.46. The molecule has 0 spiro atoms. The van der Waals surface area contributed by atoms with Gasteiger partial charge in [0.25, 0.3) is 0 Å². The van der Waals surface area contributed by atoms with Crippen molar-refractivity contribution in [3.8, 4) is 0 Å². The normalized spacial score (nSPS) is 6.67. The molecule has 0 fully saturated rings. The van der Waals surface area contributed by atoms with E-state index < -0.39 is 0 Å². The van der Waals surface area contributed by atoms with Gasteiger partial charge in [-0.2, -0.15) is 12.7 Å². The monoisotopic (exact) mass is 272 g/mol. The van der Waals surface area contributed by atoms with Gasteiger partial charge in [-0.1, -0.05) is 0 Å². The second kappa shape index (κ2) is 7.13. The largest absolute Gasteiger partial charge is 0.539 e. The SMILES string of the molecule is N=c1n[c-]n[c-][nH]1.[Y].[Y]. The molecule has 6 heteroatoms. The number of aromatic amines is 1. The van der Waals surface area contributed by atoms with Crippen molar-refractivity contribution in [3.63, 3.8) is 0 Å². The molecule has 0 bridgehead atoms. The van der Waals surface area contributed by atoms with Gasteiger partial charge in [0, 0.05) is 65.4 Å². The maximum absolute atomic E-state index is 6.73. The van der Waals surface area contributed by atoms with Gasteiger partial charge in [0.05, 0.1) is 0 Å². The standard InChI is InChI=1S/C3H2N4.2Y/c4-3-6-1-5-2-7-3;;/h(H2,4,5,6,7);;/q-2;;. The number of H-pyrrole nitrogens is 1. The average Bonchev–Trinajstić information content (AvgIpc) is 1.69. The third-order valence-electron chi connectivity index (χ3n) is 0.442. The van der Waals surface area contributed by atoms with Gasteiger partial charge in [-0.3, -0.25) is 0 Å². The number of nitrogens with zero attached hydrogens (tertiary/aromatic N) is 2. The Hall–Kier alpha value is 1.02. The topological polar surface area (TPSA) is 65.4 Å². The molecule has 2 radical (unpaired) electrons. The Labute approximate surface area is 103 Å². The molecule has 2 N–H and O–H groups in total. The second-order valence-electron chi connectivity index (χ2n) is 0.909. The predicted molar refractivity (Wildman–Crippen MR) is 19.9 cm³/mol. The molecule has 0 aliphatic carbocycles. The van der Waals surface area contributed by atoms with Crippen molar-refractivity contribution in [3.05, 3.63) is 18.3 Å². The molecular formula is C3H2N4Y2-2. The van der Waals surface area contributed by atoms with Crippen molar-refractivity contribution in [2.24, 2.45) is 0 Å². The van der Waals surface area contributed by atoms with Gasteiger partial charge in [0.1, 0.15) is 0 Å². The van der Waals surface area contributed by atoms with Gasteiger partial charge in [-0.15, -0.1) is 0 Å². The van der Waals surface area contributed by atoms with Crippen LogP contribution in [0.5, 0.6) is 0 Å². The van der Waals surface area contributed by atoms with E-state index in [0.717, 1.165) is 0 Å². The van der Waals surface area contributed by atoms with Gasteiger partial charge < -0.3 is 20.4 Å². The summed E-state index contributed by atoms with van der Waals surface area (Å²) in [6.07, 6.45) is 4.47. The Morgan fingerprint density at radius 3 is 2.33 bits per heavy atom. The first-order valence-electron chi connectivity index (χ1n) is 1.64. The summed E-state index contributed by atoms with van der Waals surface area (Å²) in [6.45, 7) is 0. The molecule has 0 unspecified atom stereocenters. The van der Waals surface area contributed by atoms with Crippen LogP contribution in [0.25, 0.3) is 0 Å². The van der Waals surface area contributed by atoms with Crippen LogP contribution in [0.4, 0.5) is 0 Å². The molecule has 0 atom stereocenters. The zero-order chi connectivity index (χ0) is 5.11. The summed E-state index contributed by atoms with van der Waals surface area (Å²) in [5, 5.41) is 6.73. The fourth-order valence-corrected chi connectivity index (χ4v) is 0.209. The summed E-state index contributed by atoms with van der Waals surface area (Å²) in [7, 11) is 0. The summed E-state index contributed by atoms with van der Waals surface area (Å²) < 4.78 is 0. The summed E-state index contributed by atoms with van der Waals surface area (Å²) in [5.41, 5.74) is 0.0231. The van der Waals surface area contributed by atoms with E-state index in [1.165, 1.54) is 0 Å². The van der Waals surface area contributed by atoms with Crippen molar-refractivity contribution in [2.75, 3.05) is 0 Å². The first-order chi connectivity index (χ1) is 3.39. The van der Waals surface area contributed by atoms with Crippen molar-refractivity contribution >= 4 is 0 Å². The molecule has 4 nitrogen and oxygen atoms in total. The molecule has 9 heavy (non-hydrogen) atoms. The quantitative estimate of drug-likeness (QED) is 0.587. The zero-order valence-electron chi connectivity index (χ0n) is 4.55. The smallest absolute Gasteiger partial charge is 0 e. The average molecular weight is 272 g/mol. The maximum Gasteiger partial charge on any atom is 0 e. The van der Waals surface area contributed by atoms with Gasteiger partial charge >= 0.3 is 0 Å². The summed E-state index contributed by atoms with van der Waals surface area (Å²) >= 11 is 0. The summed E-state index contributed by atoms with van der Waals surface area (Å²) in [6, 6.07) is 0. The minimum Gasteiger partial charge on any atom is -0.539 e. The van der Waals surface area contributed by atoms with Crippen LogP contribution in [0.1, 0.15) is 0 Å². The van der Waals surface area contributed by atoms with Crippen molar-refractivity contribution in [2.45, 2.75) is 0 Å². The van der Waals surface area contributed by atoms with Crippen LogP contribution in [0, 0.1) is 18.1 Å². The molecule has 1 heterocycles. The molecule has 0 saturated heterocycles. The summed E-state index contributed by atoms with van der Waals surface area (Å²) in [4.78, 5) is 8.95. The van der Waals surface area contributed by atoms with Crippen LogP contribution in [-0.2, 0) is 65.4 Å². The number of nitrogens with one attached hydrogen (secondary N) is 2. The predicted octanol–water partition coefficient (Wildman–Crippen LogP) is -1.12. The Kier molecular flexibility index (Phi) is 10.0. The molecular weight excluding hydrogens is 270 g/mol.